The van der Waals surface area contributed by atoms with E-state index < -0.39 is 12.2 Å². The fourth-order valence-corrected chi connectivity index (χ4v) is 1.61. The number of rotatable bonds is 1. The van der Waals surface area contributed by atoms with E-state index >= 15 is 0 Å². The van der Waals surface area contributed by atoms with Gasteiger partial charge < -0.3 is 10.8 Å². The molecule has 0 unspecified atom stereocenters. The van der Waals surface area contributed by atoms with E-state index in [0.717, 1.165) is 0 Å². The highest BCUT2D eigenvalue weighted by Crippen LogP contribution is 2.35. The van der Waals surface area contributed by atoms with E-state index in [1.54, 1.807) is 0 Å². The van der Waals surface area contributed by atoms with Crippen LogP contribution in [0.1, 0.15) is 22.7 Å². The lowest BCUT2D eigenvalue weighted by molar-refractivity contribution is -0.149. The highest BCUT2D eigenvalue weighted by Gasteiger charge is 2.39. The number of phenolic OH excluding ortho intramolecular Hbond substituents is 1. The zero-order valence-electron chi connectivity index (χ0n) is 8.80. The van der Waals surface area contributed by atoms with Gasteiger partial charge in [-0.2, -0.15) is 13.2 Å². The lowest BCUT2D eigenvalue weighted by Gasteiger charge is -2.20. The summed E-state index contributed by atoms with van der Waals surface area (Å²) >= 11 is 0. The van der Waals surface area contributed by atoms with Crippen LogP contribution in [-0.4, -0.2) is 11.3 Å². The van der Waals surface area contributed by atoms with Crippen LogP contribution in [0.4, 0.5) is 13.2 Å². The van der Waals surface area contributed by atoms with Gasteiger partial charge in [-0.15, -0.1) is 12.4 Å². The van der Waals surface area contributed by atoms with Crippen LogP contribution >= 0.6 is 12.4 Å². The second-order valence-corrected chi connectivity index (χ2v) is 3.51. The molecule has 0 aliphatic heterocycles. The number of phenols is 1. The Labute approximate surface area is 97.7 Å². The molecule has 1 atom stereocenters. The molecule has 16 heavy (non-hydrogen) atoms. The third kappa shape index (κ3) is 3.02. The molecule has 0 saturated carbocycles. The van der Waals surface area contributed by atoms with E-state index in [1.165, 1.54) is 26.0 Å². The van der Waals surface area contributed by atoms with Gasteiger partial charge in [-0.1, -0.05) is 0 Å². The van der Waals surface area contributed by atoms with Gasteiger partial charge in [0.1, 0.15) is 11.8 Å². The summed E-state index contributed by atoms with van der Waals surface area (Å²) in [6.45, 7) is 2.99. The number of aromatic hydroxyl groups is 1. The highest BCUT2D eigenvalue weighted by atomic mass is 35.5. The molecule has 0 aliphatic carbocycles. The van der Waals surface area contributed by atoms with Crippen molar-refractivity contribution in [1.82, 2.24) is 0 Å². The Morgan fingerprint density at radius 1 is 1.19 bits per heavy atom. The number of benzene rings is 1. The average Bonchev–Trinajstić information content (AvgIpc) is 1.99. The second-order valence-electron chi connectivity index (χ2n) is 3.51. The van der Waals surface area contributed by atoms with E-state index in [0.29, 0.717) is 11.1 Å². The maximum absolute atomic E-state index is 12.4. The van der Waals surface area contributed by atoms with Crippen molar-refractivity contribution in [1.29, 1.82) is 0 Å². The van der Waals surface area contributed by atoms with Gasteiger partial charge in [0.25, 0.3) is 0 Å². The molecular formula is C10H13ClF3NO. The van der Waals surface area contributed by atoms with Crippen molar-refractivity contribution in [3.63, 3.8) is 0 Å². The Morgan fingerprint density at radius 3 is 1.88 bits per heavy atom. The van der Waals surface area contributed by atoms with Gasteiger partial charge in [0.15, 0.2) is 0 Å². The number of aryl methyl sites for hydroxylation is 2. The predicted molar refractivity (Wildman–Crippen MR) is 57.8 cm³/mol. The van der Waals surface area contributed by atoms with Gasteiger partial charge in [0.05, 0.1) is 0 Å². The number of alkyl halides is 3. The average molecular weight is 256 g/mol. The summed E-state index contributed by atoms with van der Waals surface area (Å²) in [5.41, 5.74) is 5.83. The number of hydrogen-bond acceptors (Lipinski definition) is 2. The minimum Gasteiger partial charge on any atom is -0.508 e. The van der Waals surface area contributed by atoms with Crippen LogP contribution < -0.4 is 5.73 Å². The van der Waals surface area contributed by atoms with Gasteiger partial charge in [-0.25, -0.2) is 0 Å². The lowest BCUT2D eigenvalue weighted by atomic mass is 9.96. The van der Waals surface area contributed by atoms with Crippen molar-refractivity contribution in [3.8, 4) is 5.75 Å². The van der Waals surface area contributed by atoms with Crippen molar-refractivity contribution in [2.45, 2.75) is 26.1 Å². The standard InChI is InChI=1S/C10H12F3NO.ClH/c1-5-3-7(15)4-6(2)8(5)9(14)10(11,12)13;/h3-4,9,15H,14H2,1-2H3;1H/t9-;/m1./s1. The smallest absolute Gasteiger partial charge is 0.407 e. The topological polar surface area (TPSA) is 46.2 Å². The summed E-state index contributed by atoms with van der Waals surface area (Å²) in [5.74, 6) is -0.0527. The van der Waals surface area contributed by atoms with Gasteiger partial charge in [-0.3, -0.25) is 0 Å². The van der Waals surface area contributed by atoms with Crippen molar-refractivity contribution in [3.05, 3.63) is 28.8 Å². The zero-order chi connectivity index (χ0) is 11.8. The second kappa shape index (κ2) is 4.93. The minimum atomic E-state index is -4.47. The molecule has 0 fully saturated rings. The summed E-state index contributed by atoms with van der Waals surface area (Å²) in [4.78, 5) is 0. The van der Waals surface area contributed by atoms with Crippen molar-refractivity contribution in [2.75, 3.05) is 0 Å². The zero-order valence-corrected chi connectivity index (χ0v) is 9.62. The monoisotopic (exact) mass is 255 g/mol. The van der Waals surface area contributed by atoms with Crippen LogP contribution in [0.25, 0.3) is 0 Å². The third-order valence-corrected chi connectivity index (χ3v) is 2.24. The summed E-state index contributed by atoms with van der Waals surface area (Å²) in [7, 11) is 0. The molecule has 1 aromatic rings. The van der Waals surface area contributed by atoms with Crippen molar-refractivity contribution in [2.24, 2.45) is 5.73 Å². The molecule has 0 aliphatic rings. The van der Waals surface area contributed by atoms with Crippen LogP contribution in [0.15, 0.2) is 12.1 Å². The van der Waals surface area contributed by atoms with Crippen molar-refractivity contribution < 1.29 is 18.3 Å². The molecule has 0 amide bonds. The van der Waals surface area contributed by atoms with Crippen LogP contribution in [0.5, 0.6) is 5.75 Å². The molecular weight excluding hydrogens is 243 g/mol. The largest absolute Gasteiger partial charge is 0.508 e. The normalized spacial score (nSPS) is 13.1. The van der Waals surface area contributed by atoms with Gasteiger partial charge in [-0.05, 0) is 42.7 Å². The summed E-state index contributed by atoms with van der Waals surface area (Å²) in [6.07, 6.45) is -4.47. The molecule has 0 saturated heterocycles. The molecule has 1 aromatic carbocycles. The first-order valence-corrected chi connectivity index (χ1v) is 4.36. The molecule has 0 radical (unpaired) electrons. The molecule has 6 heteroatoms. The molecule has 0 spiro atoms. The van der Waals surface area contributed by atoms with Crippen LogP contribution in [-0.2, 0) is 0 Å². The third-order valence-electron chi connectivity index (χ3n) is 2.24. The number of hydrogen-bond donors (Lipinski definition) is 2. The number of nitrogens with two attached hydrogens (primary N) is 1. The van der Waals surface area contributed by atoms with Crippen LogP contribution in [0.3, 0.4) is 0 Å². The number of halogens is 4. The Morgan fingerprint density at radius 2 is 1.56 bits per heavy atom. The fourth-order valence-electron chi connectivity index (χ4n) is 1.61. The first-order chi connectivity index (χ1) is 6.73. The maximum Gasteiger partial charge on any atom is 0.407 e. The molecule has 0 aromatic heterocycles. The fraction of sp³-hybridized carbons (Fsp3) is 0.400. The van der Waals surface area contributed by atoms with E-state index in [4.69, 9.17) is 5.73 Å². The molecule has 92 valence electrons. The van der Waals surface area contributed by atoms with E-state index in [2.05, 4.69) is 0 Å². The summed E-state index contributed by atoms with van der Waals surface area (Å²) in [5, 5.41) is 9.18. The Hall–Kier alpha value is -0.940. The molecule has 2 nitrogen and oxygen atoms in total. The van der Waals surface area contributed by atoms with Gasteiger partial charge >= 0.3 is 6.18 Å². The first kappa shape index (κ1) is 15.1. The highest BCUT2D eigenvalue weighted by molar-refractivity contribution is 5.85. The summed E-state index contributed by atoms with van der Waals surface area (Å²) in [6, 6.07) is 0.542. The molecule has 0 heterocycles. The Bertz CT molecular complexity index is 356. The predicted octanol–water partition coefficient (Wildman–Crippen LogP) is 2.99. The lowest BCUT2D eigenvalue weighted by Crippen LogP contribution is -2.29. The van der Waals surface area contributed by atoms with Crippen LogP contribution in [0, 0.1) is 13.8 Å². The van der Waals surface area contributed by atoms with Gasteiger partial charge in [0.2, 0.25) is 0 Å². The first-order valence-electron chi connectivity index (χ1n) is 4.36. The van der Waals surface area contributed by atoms with E-state index in [-0.39, 0.29) is 23.7 Å². The van der Waals surface area contributed by atoms with Gasteiger partial charge in [0, 0.05) is 0 Å². The SMILES string of the molecule is Cc1cc(O)cc(C)c1[C@@H](N)C(F)(F)F.Cl. The molecule has 1 rings (SSSR count). The van der Waals surface area contributed by atoms with E-state index in [9.17, 15) is 18.3 Å². The molecule has 3 N–H and O–H groups in total. The van der Waals surface area contributed by atoms with Crippen LogP contribution in [0.2, 0.25) is 0 Å². The Balaban J connectivity index is 0.00000225. The maximum atomic E-state index is 12.4. The van der Waals surface area contributed by atoms with E-state index in [1.807, 2.05) is 0 Å². The summed E-state index contributed by atoms with van der Waals surface area (Å²) < 4.78 is 37.2. The minimum absolute atomic E-state index is 0. The molecule has 0 bridgehead atoms. The quantitative estimate of drug-likeness (QED) is 0.810. The van der Waals surface area contributed by atoms with Crippen molar-refractivity contribution >= 4 is 12.4 Å². The Kier molecular flexibility index (Phi) is 4.64.